The molecule has 0 aliphatic carbocycles. The van der Waals surface area contributed by atoms with Crippen LogP contribution in [0.1, 0.15) is 81.5 Å². The summed E-state index contributed by atoms with van der Waals surface area (Å²) in [6, 6.07) is 6.96. The highest BCUT2D eigenvalue weighted by atomic mass is 32.2. The third-order valence-electron chi connectivity index (χ3n) is 4.56. The van der Waals surface area contributed by atoms with Crippen LogP contribution in [-0.2, 0) is 4.79 Å². The first-order valence-corrected chi connectivity index (χ1v) is 12.9. The van der Waals surface area contributed by atoms with Crippen molar-refractivity contribution in [2.24, 2.45) is 0 Å². The smallest absolute Gasteiger partial charge is 0.336 e. The van der Waals surface area contributed by atoms with Gasteiger partial charge in [0.15, 0.2) is 0 Å². The summed E-state index contributed by atoms with van der Waals surface area (Å²) >= 11 is 1.44. The van der Waals surface area contributed by atoms with Gasteiger partial charge in [-0.1, -0.05) is 80.5 Å². The minimum atomic E-state index is -0.866. The molecule has 1 rings (SSSR count). The average molecular weight is 473 g/mol. The predicted molar refractivity (Wildman–Crippen MR) is 141 cm³/mol. The molecule has 0 bridgehead atoms. The predicted octanol–water partition coefficient (Wildman–Crippen LogP) is 8.32. The molecule has 0 spiro atoms. The van der Waals surface area contributed by atoms with Crippen LogP contribution < -0.4 is 0 Å². The van der Waals surface area contributed by atoms with E-state index in [9.17, 15) is 9.59 Å². The lowest BCUT2D eigenvalue weighted by Gasteiger charge is -1.99. The molecule has 33 heavy (non-hydrogen) atoms. The van der Waals surface area contributed by atoms with E-state index in [1.807, 2.05) is 12.3 Å². The molecule has 0 unspecified atom stereocenters. The Morgan fingerprint density at radius 1 is 0.788 bits per heavy atom. The molecule has 0 saturated carbocycles. The Hall–Kier alpha value is -2.53. The van der Waals surface area contributed by atoms with Crippen molar-refractivity contribution in [3.8, 4) is 0 Å². The fourth-order valence-electron chi connectivity index (χ4n) is 2.75. The number of thioether (sulfide) groups is 1. The quantitative estimate of drug-likeness (QED) is 0.144. The van der Waals surface area contributed by atoms with Gasteiger partial charge in [-0.05, 0) is 63.3 Å². The Balaban J connectivity index is 0.000000771. The standard InChI is InChI=1S/C20H32O2.C8H8O2S/c1-2-3-4-5-6-7-8-9-10-11-12-13-14-15-16-17-18-19-20(21)22;1-11-7-5-3-2-4-6(7)8(9)10/h6-7,9-10,12-13,15-16H,2-5,8,11,14,17-19H2,1H3,(H,21,22);2-5H,1H3,(H,9,10)/b7-6-,10-9-,13-12-,16-15-;. The summed E-state index contributed by atoms with van der Waals surface area (Å²) in [5, 5.41) is 17.2. The molecule has 0 aromatic heterocycles. The van der Waals surface area contributed by atoms with Gasteiger partial charge < -0.3 is 10.2 Å². The Morgan fingerprint density at radius 2 is 1.30 bits per heavy atom. The molecule has 4 nitrogen and oxygen atoms in total. The zero-order valence-corrected chi connectivity index (χ0v) is 20.9. The number of unbranched alkanes of at least 4 members (excludes halogenated alkanes) is 4. The van der Waals surface area contributed by atoms with Gasteiger partial charge in [-0.15, -0.1) is 11.8 Å². The van der Waals surface area contributed by atoms with Crippen LogP contribution in [0.2, 0.25) is 0 Å². The Kier molecular flexibility index (Phi) is 20.9. The van der Waals surface area contributed by atoms with Crippen molar-refractivity contribution >= 4 is 23.7 Å². The van der Waals surface area contributed by atoms with Crippen LogP contribution in [0.15, 0.2) is 77.8 Å². The summed E-state index contributed by atoms with van der Waals surface area (Å²) in [7, 11) is 0. The molecular formula is C28H40O4S. The second-order valence-electron chi connectivity index (χ2n) is 7.38. The number of carboxylic acid groups (broad SMARTS) is 2. The molecule has 1 aromatic rings. The molecule has 5 heteroatoms. The van der Waals surface area contributed by atoms with Gasteiger partial charge in [0.2, 0.25) is 0 Å². The fourth-order valence-corrected chi connectivity index (χ4v) is 3.34. The van der Waals surface area contributed by atoms with E-state index < -0.39 is 11.9 Å². The van der Waals surface area contributed by atoms with E-state index in [4.69, 9.17) is 10.2 Å². The summed E-state index contributed by atoms with van der Waals surface area (Å²) in [6.07, 6.45) is 29.2. The van der Waals surface area contributed by atoms with Crippen molar-refractivity contribution < 1.29 is 19.8 Å². The van der Waals surface area contributed by atoms with E-state index >= 15 is 0 Å². The molecule has 0 saturated heterocycles. The first-order valence-electron chi connectivity index (χ1n) is 11.7. The molecule has 182 valence electrons. The zero-order valence-electron chi connectivity index (χ0n) is 20.1. The third kappa shape index (κ3) is 19.9. The molecule has 0 heterocycles. The zero-order chi connectivity index (χ0) is 24.6. The van der Waals surface area contributed by atoms with Crippen LogP contribution in [0.25, 0.3) is 0 Å². The molecule has 0 radical (unpaired) electrons. The van der Waals surface area contributed by atoms with E-state index in [0.717, 1.165) is 37.0 Å². The Morgan fingerprint density at radius 3 is 1.76 bits per heavy atom. The average Bonchev–Trinajstić information content (AvgIpc) is 2.81. The van der Waals surface area contributed by atoms with Crippen molar-refractivity contribution in [1.82, 2.24) is 0 Å². The number of carboxylic acids is 2. The van der Waals surface area contributed by atoms with E-state index in [-0.39, 0.29) is 6.42 Å². The minimum absolute atomic E-state index is 0.262. The van der Waals surface area contributed by atoms with E-state index in [1.54, 1.807) is 18.2 Å². The Bertz CT molecular complexity index is 763. The second kappa shape index (κ2) is 22.7. The van der Waals surface area contributed by atoms with Crippen molar-refractivity contribution in [1.29, 1.82) is 0 Å². The van der Waals surface area contributed by atoms with Gasteiger partial charge in [0.1, 0.15) is 0 Å². The number of carbonyl (C=O) groups is 2. The molecule has 1 aromatic carbocycles. The number of aromatic carboxylic acids is 1. The lowest BCUT2D eigenvalue weighted by Crippen LogP contribution is -1.97. The maximum absolute atomic E-state index is 10.6. The lowest BCUT2D eigenvalue weighted by molar-refractivity contribution is -0.137. The number of hydrogen-bond donors (Lipinski definition) is 2. The number of allylic oxidation sites excluding steroid dienone is 8. The highest BCUT2D eigenvalue weighted by Crippen LogP contribution is 2.19. The second-order valence-corrected chi connectivity index (χ2v) is 8.23. The number of hydrogen-bond acceptors (Lipinski definition) is 3. The van der Waals surface area contributed by atoms with Crippen LogP contribution in [0.5, 0.6) is 0 Å². The van der Waals surface area contributed by atoms with E-state index in [2.05, 4.69) is 55.5 Å². The Labute approximate surface area is 204 Å². The molecule has 0 fully saturated rings. The summed E-state index contributed by atoms with van der Waals surface area (Å²) in [4.78, 5) is 21.7. The highest BCUT2D eigenvalue weighted by molar-refractivity contribution is 7.98. The van der Waals surface area contributed by atoms with Gasteiger partial charge in [-0.3, -0.25) is 4.79 Å². The number of rotatable bonds is 16. The van der Waals surface area contributed by atoms with Crippen molar-refractivity contribution in [3.63, 3.8) is 0 Å². The van der Waals surface area contributed by atoms with E-state index in [0.29, 0.717) is 5.56 Å². The van der Waals surface area contributed by atoms with Crippen molar-refractivity contribution in [3.05, 3.63) is 78.4 Å². The maximum Gasteiger partial charge on any atom is 0.336 e. The number of aliphatic carboxylic acids is 1. The van der Waals surface area contributed by atoms with Crippen LogP contribution in [0.4, 0.5) is 0 Å². The lowest BCUT2D eigenvalue weighted by atomic mass is 10.2. The molecule has 0 aliphatic heterocycles. The molecule has 0 aliphatic rings. The molecule has 0 atom stereocenters. The van der Waals surface area contributed by atoms with Crippen LogP contribution in [-0.4, -0.2) is 28.4 Å². The summed E-state index contributed by atoms with van der Waals surface area (Å²) in [6.45, 7) is 2.23. The molecule has 2 N–H and O–H groups in total. The summed E-state index contributed by atoms with van der Waals surface area (Å²) < 4.78 is 0. The largest absolute Gasteiger partial charge is 0.481 e. The van der Waals surface area contributed by atoms with Gasteiger partial charge in [0.05, 0.1) is 5.56 Å². The van der Waals surface area contributed by atoms with Gasteiger partial charge >= 0.3 is 11.9 Å². The normalized spacial score (nSPS) is 11.5. The topological polar surface area (TPSA) is 74.6 Å². The van der Waals surface area contributed by atoms with Gasteiger partial charge in [-0.2, -0.15) is 0 Å². The summed E-state index contributed by atoms with van der Waals surface area (Å²) in [5.41, 5.74) is 0.375. The third-order valence-corrected chi connectivity index (χ3v) is 5.35. The molecular weight excluding hydrogens is 432 g/mol. The maximum atomic E-state index is 10.6. The number of benzene rings is 1. The highest BCUT2D eigenvalue weighted by Gasteiger charge is 2.06. The fraction of sp³-hybridized carbons (Fsp3) is 0.429. The van der Waals surface area contributed by atoms with Gasteiger partial charge in [0.25, 0.3) is 0 Å². The minimum Gasteiger partial charge on any atom is -0.481 e. The first kappa shape index (κ1) is 30.5. The van der Waals surface area contributed by atoms with Crippen LogP contribution in [0.3, 0.4) is 0 Å². The van der Waals surface area contributed by atoms with Crippen molar-refractivity contribution in [2.45, 2.75) is 76.0 Å². The monoisotopic (exact) mass is 472 g/mol. The van der Waals surface area contributed by atoms with Gasteiger partial charge in [-0.25, -0.2) is 4.79 Å². The van der Waals surface area contributed by atoms with E-state index in [1.165, 1.54) is 37.4 Å². The van der Waals surface area contributed by atoms with Crippen molar-refractivity contribution in [2.75, 3.05) is 6.26 Å². The molecule has 0 amide bonds. The SMILES string of the molecule is CCCCC/C=C\C/C=C\C/C=C\C/C=C\CCCC(=O)O.CSc1ccccc1C(=O)O. The first-order chi connectivity index (χ1) is 16.0. The van der Waals surface area contributed by atoms with Crippen LogP contribution >= 0.6 is 11.8 Å². The van der Waals surface area contributed by atoms with Gasteiger partial charge in [0, 0.05) is 11.3 Å². The van der Waals surface area contributed by atoms with Crippen LogP contribution in [0, 0.1) is 0 Å². The summed E-state index contributed by atoms with van der Waals surface area (Å²) in [5.74, 6) is -1.58.